The zero-order valence-electron chi connectivity index (χ0n) is 16.0. The smallest absolute Gasteiger partial charge is 0.293 e. The van der Waals surface area contributed by atoms with Crippen molar-refractivity contribution < 1.29 is 23.3 Å². The van der Waals surface area contributed by atoms with E-state index < -0.39 is 11.1 Å². The highest BCUT2D eigenvalue weighted by molar-refractivity contribution is 8.18. The van der Waals surface area contributed by atoms with E-state index in [1.807, 2.05) is 6.92 Å². The molecule has 1 aromatic carbocycles. The third-order valence-corrected chi connectivity index (χ3v) is 5.39. The molecule has 0 spiro atoms. The van der Waals surface area contributed by atoms with Crippen molar-refractivity contribution in [2.75, 3.05) is 13.1 Å². The van der Waals surface area contributed by atoms with Crippen molar-refractivity contribution in [1.29, 1.82) is 0 Å². The lowest BCUT2D eigenvalue weighted by molar-refractivity contribution is -0.124. The summed E-state index contributed by atoms with van der Waals surface area (Å²) in [5.41, 5.74) is 2.31. The van der Waals surface area contributed by atoms with Gasteiger partial charge in [-0.05, 0) is 55.8 Å². The first-order valence-electron chi connectivity index (χ1n) is 9.04. The van der Waals surface area contributed by atoms with Gasteiger partial charge in [0.25, 0.3) is 11.1 Å². The maximum atomic E-state index is 13.0. The van der Waals surface area contributed by atoms with Crippen LogP contribution in [0.15, 0.2) is 33.7 Å². The van der Waals surface area contributed by atoms with E-state index in [2.05, 4.69) is 10.5 Å². The molecule has 2 heterocycles. The minimum absolute atomic E-state index is 0.0858. The van der Waals surface area contributed by atoms with Gasteiger partial charge in [-0.1, -0.05) is 17.3 Å². The number of hydrogen-bond donors (Lipinski definition) is 1. The maximum Gasteiger partial charge on any atom is 0.293 e. The van der Waals surface area contributed by atoms with Gasteiger partial charge in [-0.2, -0.15) is 0 Å². The van der Waals surface area contributed by atoms with Gasteiger partial charge in [-0.25, -0.2) is 4.39 Å². The highest BCUT2D eigenvalue weighted by atomic mass is 32.2. The van der Waals surface area contributed by atoms with Gasteiger partial charge in [0.2, 0.25) is 5.91 Å². The Bertz CT molecular complexity index is 949. The molecule has 1 aromatic heterocycles. The molecule has 0 bridgehead atoms. The number of hydrogen-bond acceptors (Lipinski definition) is 6. The van der Waals surface area contributed by atoms with Gasteiger partial charge in [0.15, 0.2) is 0 Å². The number of carbonyl (C=O) groups excluding carboxylic acids is 3. The molecular formula is C20H20FN3O4S. The third-order valence-electron chi connectivity index (χ3n) is 4.48. The van der Waals surface area contributed by atoms with E-state index in [1.54, 1.807) is 13.0 Å². The van der Waals surface area contributed by atoms with Crippen LogP contribution in [0.1, 0.15) is 29.0 Å². The number of nitrogens with one attached hydrogen (secondary N) is 1. The van der Waals surface area contributed by atoms with Gasteiger partial charge >= 0.3 is 0 Å². The Hall–Kier alpha value is -2.94. The number of rotatable bonds is 7. The molecular weight excluding hydrogens is 397 g/mol. The SMILES string of the molecule is Cc1noc(C)c1CCC(=O)NCCN1C(=O)S/C(=C\c2ccc(F)cc2)C1=O. The van der Waals surface area contributed by atoms with Gasteiger partial charge < -0.3 is 9.84 Å². The minimum Gasteiger partial charge on any atom is -0.361 e. The zero-order chi connectivity index (χ0) is 21.0. The summed E-state index contributed by atoms with van der Waals surface area (Å²) < 4.78 is 18.1. The van der Waals surface area contributed by atoms with Crippen molar-refractivity contribution in [2.45, 2.75) is 26.7 Å². The topological polar surface area (TPSA) is 92.5 Å². The predicted octanol–water partition coefficient (Wildman–Crippen LogP) is 3.22. The van der Waals surface area contributed by atoms with Crippen LogP contribution in [-0.4, -0.2) is 40.2 Å². The summed E-state index contributed by atoms with van der Waals surface area (Å²) in [5.74, 6) is -0.283. The second-order valence-corrected chi connectivity index (χ2v) is 7.53. The summed E-state index contributed by atoms with van der Waals surface area (Å²) in [6.45, 7) is 3.88. The summed E-state index contributed by atoms with van der Waals surface area (Å²) >= 11 is 0.826. The monoisotopic (exact) mass is 417 g/mol. The number of halogens is 1. The largest absolute Gasteiger partial charge is 0.361 e. The highest BCUT2D eigenvalue weighted by Crippen LogP contribution is 2.31. The maximum absolute atomic E-state index is 13.0. The lowest BCUT2D eigenvalue weighted by Crippen LogP contribution is -2.37. The van der Waals surface area contributed by atoms with Crippen LogP contribution in [0.5, 0.6) is 0 Å². The summed E-state index contributed by atoms with van der Waals surface area (Å²) in [6, 6.07) is 5.63. The first kappa shape index (κ1) is 20.8. The summed E-state index contributed by atoms with van der Waals surface area (Å²) in [7, 11) is 0. The predicted molar refractivity (Wildman–Crippen MR) is 106 cm³/mol. The highest BCUT2D eigenvalue weighted by Gasteiger charge is 2.34. The van der Waals surface area contributed by atoms with Crippen LogP contribution < -0.4 is 5.32 Å². The van der Waals surface area contributed by atoms with Crippen molar-refractivity contribution in [2.24, 2.45) is 0 Å². The van der Waals surface area contributed by atoms with Gasteiger partial charge in [-0.15, -0.1) is 0 Å². The molecule has 1 aliphatic rings. The first-order chi connectivity index (χ1) is 13.8. The van der Waals surface area contributed by atoms with Crippen molar-refractivity contribution in [1.82, 2.24) is 15.4 Å². The number of thioether (sulfide) groups is 1. The van der Waals surface area contributed by atoms with Crippen molar-refractivity contribution in [3.8, 4) is 0 Å². The third kappa shape index (κ3) is 5.11. The van der Waals surface area contributed by atoms with E-state index in [0.29, 0.717) is 17.7 Å². The van der Waals surface area contributed by atoms with Crippen LogP contribution in [0, 0.1) is 19.7 Å². The van der Waals surface area contributed by atoms with Crippen LogP contribution in [-0.2, 0) is 16.0 Å². The Morgan fingerprint density at radius 1 is 1.28 bits per heavy atom. The first-order valence-corrected chi connectivity index (χ1v) is 9.86. The molecule has 1 saturated heterocycles. The molecule has 0 saturated carbocycles. The van der Waals surface area contributed by atoms with Crippen LogP contribution in [0.3, 0.4) is 0 Å². The number of nitrogens with zero attached hydrogens (tertiary/aromatic N) is 2. The number of aryl methyl sites for hydroxylation is 2. The normalized spacial score (nSPS) is 15.4. The van der Waals surface area contributed by atoms with Crippen molar-refractivity contribution in [3.63, 3.8) is 0 Å². The Balaban J connectivity index is 1.49. The van der Waals surface area contributed by atoms with E-state index >= 15 is 0 Å². The average molecular weight is 417 g/mol. The Morgan fingerprint density at radius 2 is 2.00 bits per heavy atom. The molecule has 0 aliphatic carbocycles. The Kier molecular flexibility index (Phi) is 6.48. The molecule has 2 aromatic rings. The fraction of sp³-hybridized carbons (Fsp3) is 0.300. The second-order valence-electron chi connectivity index (χ2n) is 6.54. The van der Waals surface area contributed by atoms with E-state index in [-0.39, 0.29) is 36.1 Å². The molecule has 9 heteroatoms. The second kappa shape index (κ2) is 9.04. The van der Waals surface area contributed by atoms with Crippen molar-refractivity contribution in [3.05, 3.63) is 57.6 Å². The molecule has 29 heavy (non-hydrogen) atoms. The van der Waals surface area contributed by atoms with Crippen molar-refractivity contribution >= 4 is 34.9 Å². The Morgan fingerprint density at radius 3 is 2.66 bits per heavy atom. The summed E-state index contributed by atoms with van der Waals surface area (Å²) in [5, 5.41) is 6.17. The van der Waals surface area contributed by atoms with Crippen LogP contribution in [0.25, 0.3) is 6.08 Å². The number of benzene rings is 1. The molecule has 0 radical (unpaired) electrons. The van der Waals surface area contributed by atoms with Gasteiger partial charge in [0.05, 0.1) is 10.6 Å². The van der Waals surface area contributed by atoms with Crippen LogP contribution >= 0.6 is 11.8 Å². The quantitative estimate of drug-likeness (QED) is 0.696. The van der Waals surface area contributed by atoms with E-state index in [9.17, 15) is 18.8 Å². The van der Waals surface area contributed by atoms with Crippen LogP contribution in [0.4, 0.5) is 9.18 Å². The number of carbonyl (C=O) groups is 3. The molecule has 1 fully saturated rings. The Labute approximate surface area is 171 Å². The lowest BCUT2D eigenvalue weighted by atomic mass is 10.1. The molecule has 1 aliphatic heterocycles. The molecule has 1 N–H and O–H groups in total. The number of amides is 3. The fourth-order valence-corrected chi connectivity index (χ4v) is 3.76. The lowest BCUT2D eigenvalue weighted by Gasteiger charge is -2.13. The standard InChI is InChI=1S/C20H20FN3O4S/c1-12-16(13(2)28-23-12)7-8-18(25)22-9-10-24-19(26)17(29-20(24)27)11-14-3-5-15(21)6-4-14/h3-6,11H,7-10H2,1-2H3,(H,22,25)/b17-11-. The zero-order valence-corrected chi connectivity index (χ0v) is 16.8. The number of imide groups is 1. The van der Waals surface area contributed by atoms with Crippen LogP contribution in [0.2, 0.25) is 0 Å². The van der Waals surface area contributed by atoms with Gasteiger partial charge in [-0.3, -0.25) is 19.3 Å². The van der Waals surface area contributed by atoms with E-state index in [1.165, 1.54) is 24.3 Å². The van der Waals surface area contributed by atoms with E-state index in [4.69, 9.17) is 4.52 Å². The molecule has 0 atom stereocenters. The molecule has 7 nitrogen and oxygen atoms in total. The minimum atomic E-state index is -0.422. The number of aromatic nitrogens is 1. The molecule has 3 rings (SSSR count). The fourth-order valence-electron chi connectivity index (χ4n) is 2.90. The summed E-state index contributed by atoms with van der Waals surface area (Å²) in [4.78, 5) is 37.9. The average Bonchev–Trinajstić information content (AvgIpc) is 3.14. The molecule has 3 amide bonds. The van der Waals surface area contributed by atoms with Gasteiger partial charge in [0, 0.05) is 25.1 Å². The molecule has 0 unspecified atom stereocenters. The summed E-state index contributed by atoms with van der Waals surface area (Å²) in [6.07, 6.45) is 2.32. The van der Waals surface area contributed by atoms with E-state index in [0.717, 1.165) is 27.9 Å². The molecule has 152 valence electrons. The van der Waals surface area contributed by atoms with Gasteiger partial charge in [0.1, 0.15) is 11.6 Å².